The molecule has 0 fully saturated rings. The minimum atomic E-state index is -0.711. The van der Waals surface area contributed by atoms with Crippen LogP contribution >= 0.6 is 23.2 Å². The van der Waals surface area contributed by atoms with E-state index < -0.39 is 5.97 Å². The van der Waals surface area contributed by atoms with Gasteiger partial charge in [0.1, 0.15) is 0 Å². The summed E-state index contributed by atoms with van der Waals surface area (Å²) in [4.78, 5) is 15.3. The number of hydrogen-bond acceptors (Lipinski definition) is 6. The molecule has 8 heteroatoms. The summed E-state index contributed by atoms with van der Waals surface area (Å²) in [5.41, 5.74) is 5.71. The second kappa shape index (κ2) is 6.36. The maximum atomic E-state index is 11.5. The number of nitrogen functional groups attached to an aromatic ring is 1. The highest BCUT2D eigenvalue weighted by Gasteiger charge is 2.20. The Morgan fingerprint density at radius 3 is 2.59 bits per heavy atom. The third kappa shape index (κ3) is 3.28. The predicted octanol–water partition coefficient (Wildman–Crippen LogP) is 1.60. The molecule has 1 aromatic rings. The van der Waals surface area contributed by atoms with Crippen LogP contribution in [-0.2, 0) is 4.74 Å². The number of alkyl halides is 2. The van der Waals surface area contributed by atoms with Gasteiger partial charge in [-0.05, 0) is 0 Å². The van der Waals surface area contributed by atoms with Crippen LogP contribution in [0.25, 0.3) is 0 Å². The van der Waals surface area contributed by atoms with Crippen LogP contribution in [0.1, 0.15) is 10.5 Å². The van der Waals surface area contributed by atoms with E-state index >= 15 is 0 Å². The van der Waals surface area contributed by atoms with Crippen LogP contribution in [0.3, 0.4) is 0 Å². The standard InChI is InChI=1S/C9H10Cl2N2O4/c1-15-9(14)7-8(17-4-11)5(12)2-6(13-7)16-3-10/h2H,3-4H2,1H3,(H2,12,13). The first-order chi connectivity index (χ1) is 8.13. The smallest absolute Gasteiger partial charge is 0.360 e. The average Bonchev–Trinajstić information content (AvgIpc) is 2.31. The highest BCUT2D eigenvalue weighted by molar-refractivity contribution is 6.17. The fourth-order valence-corrected chi connectivity index (χ4v) is 1.32. The van der Waals surface area contributed by atoms with Gasteiger partial charge in [-0.1, -0.05) is 23.2 Å². The summed E-state index contributed by atoms with van der Waals surface area (Å²) in [6, 6.07) is 1.07. The van der Waals surface area contributed by atoms with E-state index in [1.54, 1.807) is 0 Å². The second-order valence-electron chi connectivity index (χ2n) is 2.73. The van der Waals surface area contributed by atoms with Crippen molar-refractivity contribution in [1.29, 1.82) is 0 Å². The number of aromatic nitrogens is 1. The number of esters is 1. The molecule has 2 N–H and O–H groups in total. The number of rotatable bonds is 5. The van der Waals surface area contributed by atoms with Crippen LogP contribution in [-0.4, -0.2) is 30.2 Å². The van der Waals surface area contributed by atoms with Crippen molar-refractivity contribution in [2.45, 2.75) is 0 Å². The summed E-state index contributed by atoms with van der Waals surface area (Å²) in [5, 5.41) is 0. The Balaban J connectivity index is 3.23. The van der Waals surface area contributed by atoms with E-state index in [9.17, 15) is 4.79 Å². The summed E-state index contributed by atoms with van der Waals surface area (Å²) in [5.74, 6) is -0.564. The lowest BCUT2D eigenvalue weighted by molar-refractivity contribution is 0.0588. The number of pyridine rings is 1. The van der Waals surface area contributed by atoms with Gasteiger partial charge in [-0.3, -0.25) is 0 Å². The van der Waals surface area contributed by atoms with Crippen molar-refractivity contribution in [1.82, 2.24) is 4.98 Å². The van der Waals surface area contributed by atoms with E-state index in [4.69, 9.17) is 38.4 Å². The van der Waals surface area contributed by atoms with Gasteiger partial charge in [0.05, 0.1) is 12.8 Å². The lowest BCUT2D eigenvalue weighted by atomic mass is 10.3. The SMILES string of the molecule is COC(=O)c1nc(OCCl)cc(N)c1OCCl. The number of carbonyl (C=O) groups excluding carboxylic acids is 1. The molecule has 0 atom stereocenters. The van der Waals surface area contributed by atoms with Gasteiger partial charge in [-0.2, -0.15) is 0 Å². The van der Waals surface area contributed by atoms with Crippen LogP contribution < -0.4 is 15.2 Å². The third-order valence-corrected chi connectivity index (χ3v) is 1.98. The topological polar surface area (TPSA) is 83.7 Å². The Morgan fingerprint density at radius 2 is 2.06 bits per heavy atom. The molecule has 1 aromatic heterocycles. The Hall–Kier alpha value is -1.40. The molecule has 94 valence electrons. The van der Waals surface area contributed by atoms with Gasteiger partial charge in [0.2, 0.25) is 5.88 Å². The van der Waals surface area contributed by atoms with Crippen molar-refractivity contribution >= 4 is 34.9 Å². The summed E-state index contributed by atoms with van der Waals surface area (Å²) < 4.78 is 14.5. The normalized spacial score (nSPS) is 9.82. The monoisotopic (exact) mass is 280 g/mol. The zero-order chi connectivity index (χ0) is 12.8. The first-order valence-corrected chi connectivity index (χ1v) is 5.47. The van der Waals surface area contributed by atoms with Crippen LogP contribution in [0.4, 0.5) is 5.69 Å². The van der Waals surface area contributed by atoms with E-state index in [2.05, 4.69) is 9.72 Å². The molecule has 0 aromatic carbocycles. The molecule has 0 saturated carbocycles. The van der Waals surface area contributed by atoms with Gasteiger partial charge in [-0.15, -0.1) is 0 Å². The van der Waals surface area contributed by atoms with Gasteiger partial charge in [0, 0.05) is 6.07 Å². The number of nitrogens with zero attached hydrogens (tertiary/aromatic N) is 1. The minimum Gasteiger partial charge on any atom is -0.473 e. The number of methoxy groups -OCH3 is 1. The number of ether oxygens (including phenoxy) is 3. The molecule has 0 bridgehead atoms. The van der Waals surface area contributed by atoms with Crippen molar-refractivity contribution in [3.63, 3.8) is 0 Å². The molecular weight excluding hydrogens is 271 g/mol. The Kier molecular flexibility index (Phi) is 5.11. The largest absolute Gasteiger partial charge is 0.473 e. The van der Waals surface area contributed by atoms with Crippen molar-refractivity contribution in [3.05, 3.63) is 11.8 Å². The molecule has 1 rings (SSSR count). The number of nitrogens with two attached hydrogens (primary N) is 1. The van der Waals surface area contributed by atoms with E-state index in [1.807, 2.05) is 0 Å². The molecular formula is C9H10Cl2N2O4. The fraction of sp³-hybridized carbons (Fsp3) is 0.333. The van der Waals surface area contributed by atoms with E-state index in [0.29, 0.717) is 0 Å². The molecule has 0 amide bonds. The zero-order valence-corrected chi connectivity index (χ0v) is 10.4. The first-order valence-electron chi connectivity index (χ1n) is 4.40. The van der Waals surface area contributed by atoms with Crippen LogP contribution in [0.5, 0.6) is 11.6 Å². The van der Waals surface area contributed by atoms with Gasteiger partial charge < -0.3 is 19.9 Å². The second-order valence-corrected chi connectivity index (χ2v) is 3.16. The minimum absolute atomic E-state index is 0.0498. The Morgan fingerprint density at radius 1 is 1.41 bits per heavy atom. The van der Waals surface area contributed by atoms with Crippen LogP contribution in [0.15, 0.2) is 6.07 Å². The van der Waals surface area contributed by atoms with Crippen LogP contribution in [0, 0.1) is 0 Å². The van der Waals surface area contributed by atoms with Gasteiger partial charge >= 0.3 is 5.97 Å². The average molecular weight is 281 g/mol. The highest BCUT2D eigenvalue weighted by atomic mass is 35.5. The number of halogens is 2. The fourth-order valence-electron chi connectivity index (χ4n) is 1.10. The lowest BCUT2D eigenvalue weighted by Crippen LogP contribution is -2.11. The molecule has 0 saturated heterocycles. The quantitative estimate of drug-likeness (QED) is 0.652. The molecule has 0 aliphatic carbocycles. The first kappa shape index (κ1) is 13.7. The predicted molar refractivity (Wildman–Crippen MR) is 62.7 cm³/mol. The maximum absolute atomic E-state index is 11.5. The molecule has 0 spiro atoms. The number of hydrogen-bond donors (Lipinski definition) is 1. The molecule has 6 nitrogen and oxygen atoms in total. The van der Waals surface area contributed by atoms with Gasteiger partial charge in [-0.25, -0.2) is 9.78 Å². The molecule has 0 aliphatic rings. The summed E-state index contributed by atoms with van der Waals surface area (Å²) >= 11 is 10.8. The Labute approximate surface area is 108 Å². The molecule has 0 aliphatic heterocycles. The summed E-state index contributed by atoms with van der Waals surface area (Å²) in [6.45, 7) is 0. The van der Waals surface area contributed by atoms with Gasteiger partial charge in [0.25, 0.3) is 0 Å². The summed E-state index contributed by atoms with van der Waals surface area (Å²) in [7, 11) is 1.21. The molecule has 1 heterocycles. The Bertz CT molecular complexity index is 414. The highest BCUT2D eigenvalue weighted by Crippen LogP contribution is 2.29. The summed E-state index contributed by atoms with van der Waals surface area (Å²) in [6.07, 6.45) is 0. The number of carbonyl (C=O) groups is 1. The maximum Gasteiger partial charge on any atom is 0.360 e. The van der Waals surface area contributed by atoms with E-state index in [-0.39, 0.29) is 35.1 Å². The molecule has 17 heavy (non-hydrogen) atoms. The van der Waals surface area contributed by atoms with Crippen molar-refractivity contribution in [2.24, 2.45) is 0 Å². The van der Waals surface area contributed by atoms with E-state index in [0.717, 1.165) is 0 Å². The molecule has 0 unspecified atom stereocenters. The van der Waals surface area contributed by atoms with Gasteiger partial charge in [0.15, 0.2) is 23.6 Å². The van der Waals surface area contributed by atoms with Crippen molar-refractivity contribution in [2.75, 3.05) is 25.0 Å². The van der Waals surface area contributed by atoms with Crippen molar-refractivity contribution < 1.29 is 19.0 Å². The van der Waals surface area contributed by atoms with Crippen LogP contribution in [0.2, 0.25) is 0 Å². The zero-order valence-electron chi connectivity index (χ0n) is 8.91. The third-order valence-electron chi connectivity index (χ3n) is 1.76. The van der Waals surface area contributed by atoms with E-state index in [1.165, 1.54) is 13.2 Å². The number of anilines is 1. The molecule has 0 radical (unpaired) electrons. The lowest BCUT2D eigenvalue weighted by Gasteiger charge is -2.11. The van der Waals surface area contributed by atoms with Crippen molar-refractivity contribution in [3.8, 4) is 11.6 Å².